The Kier molecular flexibility index (Phi) is 16.1. The van der Waals surface area contributed by atoms with Crippen LogP contribution in [0.2, 0.25) is 0 Å². The average molecular weight is 369 g/mol. The first kappa shape index (κ1) is 23.5. The van der Waals surface area contributed by atoms with Gasteiger partial charge in [-0.05, 0) is 6.42 Å². The molecule has 1 rings (SSSR count). The van der Waals surface area contributed by atoms with E-state index in [1.807, 2.05) is 0 Å². The smallest absolute Gasteiger partial charge is 0.306 e. The zero-order valence-electron chi connectivity index (χ0n) is 17.4. The van der Waals surface area contributed by atoms with Gasteiger partial charge in [0.1, 0.15) is 6.10 Å². The van der Waals surface area contributed by atoms with Crippen molar-refractivity contribution in [3.05, 3.63) is 0 Å². The van der Waals surface area contributed by atoms with E-state index >= 15 is 0 Å². The molecule has 0 aliphatic carbocycles. The molecule has 1 aliphatic rings. The zero-order chi connectivity index (χ0) is 18.7. The molecule has 0 N–H and O–H groups in total. The minimum absolute atomic E-state index is 0.0172. The fraction of sp³-hybridized carbons (Fsp3) is 0.957. The van der Waals surface area contributed by atoms with E-state index in [2.05, 4.69) is 6.92 Å². The van der Waals surface area contributed by atoms with E-state index in [1.165, 1.54) is 89.9 Å². The molecule has 1 saturated heterocycles. The normalized spacial score (nSPS) is 16.9. The van der Waals surface area contributed by atoms with E-state index in [0.29, 0.717) is 13.0 Å². The van der Waals surface area contributed by atoms with Crippen LogP contribution in [0, 0.1) is 0 Å². The molecule has 1 fully saturated rings. The van der Waals surface area contributed by atoms with Gasteiger partial charge in [0.15, 0.2) is 0 Å². The van der Waals surface area contributed by atoms with E-state index < -0.39 is 0 Å². The number of esters is 1. The van der Waals surface area contributed by atoms with Crippen LogP contribution in [-0.4, -0.2) is 25.3 Å². The molecule has 1 atom stereocenters. The molecule has 154 valence electrons. The first-order valence-electron chi connectivity index (χ1n) is 11.6. The van der Waals surface area contributed by atoms with Gasteiger partial charge in [-0.3, -0.25) is 4.79 Å². The second kappa shape index (κ2) is 17.8. The predicted octanol–water partition coefficient (Wildman–Crippen LogP) is 6.97. The summed E-state index contributed by atoms with van der Waals surface area (Å²) < 4.78 is 10.6. The third-order valence-electron chi connectivity index (χ3n) is 5.42. The standard InChI is InChI=1S/C23H44O3/c1-2-3-4-5-6-7-8-9-10-11-12-13-14-15-16-17-18-23(24)26-22-19-20-25-21-22/h22H,2-21H2,1H3. The first-order valence-corrected chi connectivity index (χ1v) is 11.6. The van der Waals surface area contributed by atoms with E-state index in [1.54, 1.807) is 0 Å². The van der Waals surface area contributed by atoms with E-state index in [9.17, 15) is 4.79 Å². The number of unbranched alkanes of at least 4 members (excludes halogenated alkanes) is 15. The second-order valence-corrected chi connectivity index (χ2v) is 8.03. The number of carbonyl (C=O) groups is 1. The SMILES string of the molecule is CCCCCCCCCCCCCCCCCCC(=O)OC1CCOC1. The minimum Gasteiger partial charge on any atom is -0.460 e. The Balaban J connectivity index is 1.70. The van der Waals surface area contributed by atoms with Gasteiger partial charge in [-0.1, -0.05) is 103 Å². The highest BCUT2D eigenvalue weighted by molar-refractivity contribution is 5.69. The van der Waals surface area contributed by atoms with E-state index in [-0.39, 0.29) is 12.1 Å². The molecule has 0 bridgehead atoms. The summed E-state index contributed by atoms with van der Waals surface area (Å²) in [7, 11) is 0. The van der Waals surface area contributed by atoms with Gasteiger partial charge in [0.05, 0.1) is 13.2 Å². The topological polar surface area (TPSA) is 35.5 Å². The molecular formula is C23H44O3. The summed E-state index contributed by atoms with van der Waals surface area (Å²) in [5.74, 6) is -0.0362. The highest BCUT2D eigenvalue weighted by atomic mass is 16.6. The molecule has 3 heteroatoms. The van der Waals surface area contributed by atoms with Gasteiger partial charge in [-0.25, -0.2) is 0 Å². The molecule has 0 spiro atoms. The lowest BCUT2D eigenvalue weighted by molar-refractivity contribution is -0.149. The third-order valence-corrected chi connectivity index (χ3v) is 5.42. The maximum absolute atomic E-state index is 11.7. The van der Waals surface area contributed by atoms with Crippen LogP contribution in [-0.2, 0) is 14.3 Å². The number of hydrogen-bond acceptors (Lipinski definition) is 3. The lowest BCUT2D eigenvalue weighted by Crippen LogP contribution is -2.17. The van der Waals surface area contributed by atoms with Crippen molar-refractivity contribution in [2.75, 3.05) is 13.2 Å². The molecule has 0 aromatic carbocycles. The summed E-state index contributed by atoms with van der Waals surface area (Å²) in [6, 6.07) is 0. The van der Waals surface area contributed by atoms with Crippen molar-refractivity contribution in [3.63, 3.8) is 0 Å². The van der Waals surface area contributed by atoms with Crippen LogP contribution >= 0.6 is 0 Å². The number of hydrogen-bond donors (Lipinski definition) is 0. The van der Waals surface area contributed by atoms with Crippen molar-refractivity contribution in [1.29, 1.82) is 0 Å². The summed E-state index contributed by atoms with van der Waals surface area (Å²) in [6.07, 6.45) is 23.2. The fourth-order valence-electron chi connectivity index (χ4n) is 3.67. The molecule has 0 amide bonds. The van der Waals surface area contributed by atoms with Gasteiger partial charge in [0.25, 0.3) is 0 Å². The number of carbonyl (C=O) groups excluding carboxylic acids is 1. The maximum Gasteiger partial charge on any atom is 0.306 e. The highest BCUT2D eigenvalue weighted by Gasteiger charge is 2.19. The van der Waals surface area contributed by atoms with Crippen molar-refractivity contribution in [1.82, 2.24) is 0 Å². The predicted molar refractivity (Wildman–Crippen MR) is 109 cm³/mol. The lowest BCUT2D eigenvalue weighted by atomic mass is 10.0. The Bertz CT molecular complexity index is 311. The zero-order valence-corrected chi connectivity index (χ0v) is 17.4. The lowest BCUT2D eigenvalue weighted by Gasteiger charge is -2.09. The van der Waals surface area contributed by atoms with Gasteiger partial charge >= 0.3 is 5.97 Å². The number of ether oxygens (including phenoxy) is 2. The van der Waals surface area contributed by atoms with Crippen molar-refractivity contribution < 1.29 is 14.3 Å². The van der Waals surface area contributed by atoms with E-state index in [4.69, 9.17) is 9.47 Å². The highest BCUT2D eigenvalue weighted by Crippen LogP contribution is 2.15. The molecule has 0 saturated carbocycles. The van der Waals surface area contributed by atoms with E-state index in [0.717, 1.165) is 25.9 Å². The van der Waals surface area contributed by atoms with Crippen LogP contribution in [0.4, 0.5) is 0 Å². The van der Waals surface area contributed by atoms with Crippen LogP contribution in [0.15, 0.2) is 0 Å². The Morgan fingerprint density at radius 3 is 1.65 bits per heavy atom. The van der Waals surface area contributed by atoms with Gasteiger partial charge in [-0.2, -0.15) is 0 Å². The van der Waals surface area contributed by atoms with Crippen molar-refractivity contribution in [3.8, 4) is 0 Å². The monoisotopic (exact) mass is 368 g/mol. The molecule has 1 heterocycles. The molecule has 0 aromatic rings. The van der Waals surface area contributed by atoms with Crippen LogP contribution in [0.25, 0.3) is 0 Å². The quantitative estimate of drug-likeness (QED) is 0.193. The Labute approximate surface area is 162 Å². The van der Waals surface area contributed by atoms with Crippen LogP contribution in [0.5, 0.6) is 0 Å². The average Bonchev–Trinajstić information content (AvgIpc) is 3.14. The molecule has 0 radical (unpaired) electrons. The largest absolute Gasteiger partial charge is 0.460 e. The Hall–Kier alpha value is -0.570. The molecule has 3 nitrogen and oxygen atoms in total. The van der Waals surface area contributed by atoms with Gasteiger partial charge in [0.2, 0.25) is 0 Å². The molecule has 1 aliphatic heterocycles. The van der Waals surface area contributed by atoms with Crippen LogP contribution in [0.1, 0.15) is 122 Å². The maximum atomic E-state index is 11.7. The van der Waals surface area contributed by atoms with Crippen LogP contribution < -0.4 is 0 Å². The summed E-state index contributed by atoms with van der Waals surface area (Å²) in [6.45, 7) is 3.60. The molecular weight excluding hydrogens is 324 g/mol. The summed E-state index contributed by atoms with van der Waals surface area (Å²) >= 11 is 0. The number of rotatable bonds is 18. The van der Waals surface area contributed by atoms with Gasteiger partial charge in [-0.15, -0.1) is 0 Å². The molecule has 0 aromatic heterocycles. The van der Waals surface area contributed by atoms with Crippen molar-refractivity contribution >= 4 is 5.97 Å². The van der Waals surface area contributed by atoms with Crippen molar-refractivity contribution in [2.45, 2.75) is 129 Å². The van der Waals surface area contributed by atoms with Gasteiger partial charge in [0, 0.05) is 12.8 Å². The third kappa shape index (κ3) is 14.6. The molecule has 26 heavy (non-hydrogen) atoms. The van der Waals surface area contributed by atoms with Crippen LogP contribution in [0.3, 0.4) is 0 Å². The Morgan fingerprint density at radius 1 is 0.769 bits per heavy atom. The van der Waals surface area contributed by atoms with Crippen molar-refractivity contribution in [2.24, 2.45) is 0 Å². The first-order chi connectivity index (χ1) is 12.8. The Morgan fingerprint density at radius 2 is 1.23 bits per heavy atom. The summed E-state index contributed by atoms with van der Waals surface area (Å²) in [5, 5.41) is 0. The fourth-order valence-corrected chi connectivity index (χ4v) is 3.67. The molecule has 1 unspecified atom stereocenters. The minimum atomic E-state index is -0.0362. The van der Waals surface area contributed by atoms with Gasteiger partial charge < -0.3 is 9.47 Å². The summed E-state index contributed by atoms with van der Waals surface area (Å²) in [4.78, 5) is 11.7. The summed E-state index contributed by atoms with van der Waals surface area (Å²) in [5.41, 5.74) is 0. The second-order valence-electron chi connectivity index (χ2n) is 8.03.